The fourth-order valence-corrected chi connectivity index (χ4v) is 3.63. The lowest BCUT2D eigenvalue weighted by Crippen LogP contribution is -2.13. The van der Waals surface area contributed by atoms with Crippen molar-refractivity contribution in [3.63, 3.8) is 0 Å². The van der Waals surface area contributed by atoms with Crippen molar-refractivity contribution in [1.29, 1.82) is 0 Å². The highest BCUT2D eigenvalue weighted by atomic mass is 127. The maximum absolute atomic E-state index is 12.3. The number of nitrogens with zero attached hydrogens (tertiary/aromatic N) is 2. The molecule has 1 aromatic heterocycles. The van der Waals surface area contributed by atoms with Crippen LogP contribution in [0, 0.1) is 3.57 Å². The van der Waals surface area contributed by atoms with Crippen molar-refractivity contribution in [1.82, 2.24) is 9.78 Å². The highest BCUT2D eigenvalue weighted by Crippen LogP contribution is 2.26. The number of hydrogen-bond donors (Lipinski definition) is 2. The summed E-state index contributed by atoms with van der Waals surface area (Å²) in [6.07, 6.45) is 3.51. The SMILES string of the molecule is NCCCn1cc(S(=O)(=O)Nc2ccc(I)cc2Cl)cn1. The van der Waals surface area contributed by atoms with E-state index < -0.39 is 10.0 Å². The molecule has 0 radical (unpaired) electrons. The smallest absolute Gasteiger partial charge is 0.265 e. The second-order valence-electron chi connectivity index (χ2n) is 4.31. The quantitative estimate of drug-likeness (QED) is 0.675. The molecule has 1 heterocycles. The van der Waals surface area contributed by atoms with Gasteiger partial charge in [-0.05, 0) is 53.8 Å². The molecule has 1 aromatic carbocycles. The van der Waals surface area contributed by atoms with Crippen LogP contribution in [0.5, 0.6) is 0 Å². The Morgan fingerprint density at radius 3 is 2.86 bits per heavy atom. The van der Waals surface area contributed by atoms with Gasteiger partial charge in [-0.25, -0.2) is 8.42 Å². The van der Waals surface area contributed by atoms with Crippen molar-refractivity contribution in [2.24, 2.45) is 5.73 Å². The van der Waals surface area contributed by atoms with Crippen molar-refractivity contribution in [3.05, 3.63) is 39.2 Å². The predicted molar refractivity (Wildman–Crippen MR) is 90.9 cm³/mol. The molecule has 0 saturated carbocycles. The van der Waals surface area contributed by atoms with Crippen molar-refractivity contribution in [3.8, 4) is 0 Å². The maximum Gasteiger partial charge on any atom is 0.265 e. The zero-order valence-corrected chi connectivity index (χ0v) is 14.7. The standard InChI is InChI=1S/C12H14ClIN4O2S/c13-11-6-9(14)2-3-12(11)17-21(19,20)10-7-16-18(8-10)5-1-4-15/h2-3,6-8,17H,1,4-5,15H2. The molecule has 3 N–H and O–H groups in total. The first-order valence-electron chi connectivity index (χ1n) is 6.13. The molecule has 0 amide bonds. The number of nitrogens with one attached hydrogen (secondary N) is 1. The highest BCUT2D eigenvalue weighted by Gasteiger charge is 2.18. The molecule has 0 bridgehead atoms. The summed E-state index contributed by atoms with van der Waals surface area (Å²) < 4.78 is 29.5. The van der Waals surface area contributed by atoms with Gasteiger partial charge in [0.15, 0.2) is 0 Å². The van der Waals surface area contributed by atoms with Crippen LogP contribution in [0.2, 0.25) is 5.02 Å². The van der Waals surface area contributed by atoms with Crippen LogP contribution < -0.4 is 10.5 Å². The van der Waals surface area contributed by atoms with Gasteiger partial charge in [-0.15, -0.1) is 0 Å². The van der Waals surface area contributed by atoms with E-state index in [-0.39, 0.29) is 4.90 Å². The van der Waals surface area contributed by atoms with Crippen LogP contribution >= 0.6 is 34.2 Å². The van der Waals surface area contributed by atoms with Crippen LogP contribution in [0.4, 0.5) is 5.69 Å². The summed E-state index contributed by atoms with van der Waals surface area (Å²) in [6.45, 7) is 1.11. The van der Waals surface area contributed by atoms with Gasteiger partial charge in [0.1, 0.15) is 4.90 Å². The number of rotatable bonds is 6. The predicted octanol–water partition coefficient (Wildman–Crippen LogP) is 2.29. The third-order valence-corrected chi connectivity index (χ3v) is 4.99. The average molecular weight is 441 g/mol. The first kappa shape index (κ1) is 16.5. The number of nitrogens with two attached hydrogens (primary N) is 1. The second-order valence-corrected chi connectivity index (χ2v) is 7.65. The molecule has 0 saturated heterocycles. The van der Waals surface area contributed by atoms with Crippen molar-refractivity contribution >= 4 is 49.9 Å². The van der Waals surface area contributed by atoms with E-state index in [2.05, 4.69) is 32.4 Å². The zero-order valence-electron chi connectivity index (χ0n) is 11.0. The molecule has 0 spiro atoms. The molecule has 0 aliphatic carbocycles. The summed E-state index contributed by atoms with van der Waals surface area (Å²) in [7, 11) is -3.70. The second kappa shape index (κ2) is 6.95. The topological polar surface area (TPSA) is 90.0 Å². The molecule has 0 atom stereocenters. The van der Waals surface area contributed by atoms with Crippen LogP contribution in [0.1, 0.15) is 6.42 Å². The molecule has 0 aliphatic rings. The summed E-state index contributed by atoms with van der Waals surface area (Å²) in [4.78, 5) is 0.0918. The Morgan fingerprint density at radius 1 is 1.43 bits per heavy atom. The Bertz CT molecular complexity index is 733. The van der Waals surface area contributed by atoms with Gasteiger partial charge >= 0.3 is 0 Å². The Kier molecular flexibility index (Phi) is 5.47. The average Bonchev–Trinajstić information content (AvgIpc) is 2.89. The van der Waals surface area contributed by atoms with E-state index in [4.69, 9.17) is 17.3 Å². The van der Waals surface area contributed by atoms with Crippen LogP contribution in [0.15, 0.2) is 35.5 Å². The van der Waals surface area contributed by atoms with Gasteiger partial charge in [-0.3, -0.25) is 9.40 Å². The van der Waals surface area contributed by atoms with Crippen LogP contribution in [-0.2, 0) is 16.6 Å². The molecule has 2 aromatic rings. The molecule has 0 unspecified atom stereocenters. The Labute approximate surface area is 141 Å². The number of anilines is 1. The van der Waals surface area contributed by atoms with E-state index in [0.717, 1.165) is 9.99 Å². The summed E-state index contributed by atoms with van der Waals surface area (Å²) in [5.74, 6) is 0. The van der Waals surface area contributed by atoms with E-state index in [0.29, 0.717) is 23.8 Å². The Hall–Kier alpha value is -0.840. The van der Waals surface area contributed by atoms with Gasteiger partial charge in [0.25, 0.3) is 10.0 Å². The minimum Gasteiger partial charge on any atom is -0.330 e. The lowest BCUT2D eigenvalue weighted by Gasteiger charge is -2.08. The number of aryl methyl sites for hydroxylation is 1. The molecule has 9 heteroatoms. The Balaban J connectivity index is 2.19. The normalized spacial score (nSPS) is 11.6. The summed E-state index contributed by atoms with van der Waals surface area (Å²) in [5.41, 5.74) is 5.75. The Morgan fingerprint density at radius 2 is 2.19 bits per heavy atom. The highest BCUT2D eigenvalue weighted by molar-refractivity contribution is 14.1. The molecule has 0 aliphatic heterocycles. The van der Waals surface area contributed by atoms with Crippen molar-refractivity contribution in [2.45, 2.75) is 17.9 Å². The van der Waals surface area contributed by atoms with E-state index in [1.54, 1.807) is 22.9 Å². The summed E-state index contributed by atoms with van der Waals surface area (Å²) in [6, 6.07) is 5.08. The first-order valence-corrected chi connectivity index (χ1v) is 9.07. The summed E-state index contributed by atoms with van der Waals surface area (Å²) >= 11 is 8.13. The lowest BCUT2D eigenvalue weighted by molar-refractivity contribution is 0.582. The number of aromatic nitrogens is 2. The molecule has 6 nitrogen and oxygen atoms in total. The first-order chi connectivity index (χ1) is 9.92. The van der Waals surface area contributed by atoms with Gasteiger partial charge in [0.2, 0.25) is 0 Å². The zero-order chi connectivity index (χ0) is 15.5. The number of sulfonamides is 1. The largest absolute Gasteiger partial charge is 0.330 e. The van der Waals surface area contributed by atoms with Crippen LogP contribution in [0.3, 0.4) is 0 Å². The van der Waals surface area contributed by atoms with Gasteiger partial charge in [0.05, 0.1) is 16.9 Å². The monoisotopic (exact) mass is 440 g/mol. The summed E-state index contributed by atoms with van der Waals surface area (Å²) in [5, 5.41) is 4.35. The van der Waals surface area contributed by atoms with Crippen molar-refractivity contribution < 1.29 is 8.42 Å². The minimum atomic E-state index is -3.70. The fourth-order valence-electron chi connectivity index (χ4n) is 1.63. The molecular formula is C12H14ClIN4O2S. The van der Waals surface area contributed by atoms with E-state index in [1.165, 1.54) is 12.4 Å². The molecule has 0 fully saturated rings. The molecular weight excluding hydrogens is 427 g/mol. The van der Waals surface area contributed by atoms with Gasteiger partial charge < -0.3 is 5.73 Å². The van der Waals surface area contributed by atoms with E-state index >= 15 is 0 Å². The fraction of sp³-hybridized carbons (Fsp3) is 0.250. The van der Waals surface area contributed by atoms with Gasteiger partial charge in [0, 0.05) is 16.3 Å². The van der Waals surface area contributed by atoms with Gasteiger partial charge in [-0.2, -0.15) is 5.10 Å². The maximum atomic E-state index is 12.3. The van der Waals surface area contributed by atoms with Crippen LogP contribution in [0.25, 0.3) is 0 Å². The van der Waals surface area contributed by atoms with Crippen molar-refractivity contribution in [2.75, 3.05) is 11.3 Å². The minimum absolute atomic E-state index is 0.0918. The van der Waals surface area contributed by atoms with E-state index in [1.807, 2.05) is 0 Å². The number of benzene rings is 1. The lowest BCUT2D eigenvalue weighted by atomic mass is 10.3. The third kappa shape index (κ3) is 4.31. The molecule has 2 rings (SSSR count). The number of halogens is 2. The molecule has 114 valence electrons. The van der Waals surface area contributed by atoms with E-state index in [9.17, 15) is 8.42 Å². The number of hydrogen-bond acceptors (Lipinski definition) is 4. The van der Waals surface area contributed by atoms with Gasteiger partial charge in [-0.1, -0.05) is 11.6 Å². The molecule has 21 heavy (non-hydrogen) atoms. The third-order valence-electron chi connectivity index (χ3n) is 2.69. The van der Waals surface area contributed by atoms with Crippen LogP contribution in [-0.4, -0.2) is 24.7 Å².